The van der Waals surface area contributed by atoms with E-state index in [0.717, 1.165) is 12.8 Å². The number of ketones is 1. The maximum absolute atomic E-state index is 11.4. The van der Waals surface area contributed by atoms with Gasteiger partial charge in [-0.1, -0.05) is 19.9 Å². The van der Waals surface area contributed by atoms with E-state index in [1.165, 1.54) is 0 Å². The average Bonchev–Trinajstić information content (AvgIpc) is 2.15. The fraction of sp³-hybridized carbons (Fsp3) is 0.800. The van der Waals surface area contributed by atoms with Crippen molar-refractivity contribution in [2.45, 2.75) is 52.6 Å². The average molecular weight is 238 g/mol. The third kappa shape index (κ3) is 3.19. The molecule has 0 saturated heterocycles. The lowest BCUT2D eigenvalue weighted by Crippen LogP contribution is -2.47. The van der Waals surface area contributed by atoms with Crippen LogP contribution < -0.4 is 0 Å². The van der Waals surface area contributed by atoms with Crippen molar-refractivity contribution in [3.8, 4) is 0 Å². The summed E-state index contributed by atoms with van der Waals surface area (Å²) in [6.45, 7) is 11.8. The zero-order chi connectivity index (χ0) is 13.2. The molecular formula is C15H26O2. The van der Waals surface area contributed by atoms with Crippen LogP contribution in [0.2, 0.25) is 0 Å². The number of aliphatic hydroxyl groups is 1. The summed E-state index contributed by atoms with van der Waals surface area (Å²) < 4.78 is 0. The van der Waals surface area contributed by atoms with E-state index in [-0.39, 0.29) is 17.6 Å². The number of Topliss-reactive ketones (excluding diaryl/α,β-unsaturated/α-hetero) is 1. The highest BCUT2D eigenvalue weighted by Gasteiger charge is 2.44. The number of carbonyl (C=O) groups is 1. The minimum absolute atomic E-state index is 0.0348. The summed E-state index contributed by atoms with van der Waals surface area (Å²) in [6.07, 6.45) is 4.23. The topological polar surface area (TPSA) is 37.3 Å². The van der Waals surface area contributed by atoms with Crippen LogP contribution in [0, 0.1) is 23.7 Å². The molecule has 0 spiro atoms. The third-order valence-electron chi connectivity index (χ3n) is 4.35. The van der Waals surface area contributed by atoms with Gasteiger partial charge >= 0.3 is 0 Å². The summed E-state index contributed by atoms with van der Waals surface area (Å²) in [5.41, 5.74) is -0.701. The molecule has 17 heavy (non-hydrogen) atoms. The Morgan fingerprint density at radius 3 is 2.59 bits per heavy atom. The highest BCUT2D eigenvalue weighted by atomic mass is 16.3. The number of hydrogen-bond donors (Lipinski definition) is 1. The maximum atomic E-state index is 11.4. The second-order valence-electron chi connectivity index (χ2n) is 6.14. The van der Waals surface area contributed by atoms with E-state index < -0.39 is 5.60 Å². The van der Waals surface area contributed by atoms with Crippen LogP contribution in [0.3, 0.4) is 0 Å². The van der Waals surface area contributed by atoms with Crippen LogP contribution in [0.15, 0.2) is 12.7 Å². The van der Waals surface area contributed by atoms with Crippen LogP contribution in [0.25, 0.3) is 0 Å². The van der Waals surface area contributed by atoms with Crippen molar-refractivity contribution >= 4 is 5.78 Å². The van der Waals surface area contributed by atoms with Crippen LogP contribution >= 0.6 is 0 Å². The van der Waals surface area contributed by atoms with Crippen LogP contribution in [-0.4, -0.2) is 16.5 Å². The highest BCUT2D eigenvalue weighted by molar-refractivity contribution is 5.75. The second kappa shape index (κ2) is 5.34. The first-order valence-corrected chi connectivity index (χ1v) is 6.64. The van der Waals surface area contributed by atoms with Gasteiger partial charge in [0.1, 0.15) is 5.78 Å². The minimum atomic E-state index is -0.701. The van der Waals surface area contributed by atoms with E-state index in [0.29, 0.717) is 18.3 Å². The molecule has 0 aromatic carbocycles. The van der Waals surface area contributed by atoms with Crippen molar-refractivity contribution in [2.75, 3.05) is 0 Å². The Balaban J connectivity index is 2.98. The van der Waals surface area contributed by atoms with Crippen LogP contribution in [0.4, 0.5) is 0 Å². The number of rotatable bonds is 4. The summed E-state index contributed by atoms with van der Waals surface area (Å²) in [5.74, 6) is 1.56. The molecule has 1 fully saturated rings. The molecule has 2 heteroatoms. The van der Waals surface area contributed by atoms with Gasteiger partial charge in [0, 0.05) is 12.3 Å². The summed E-state index contributed by atoms with van der Waals surface area (Å²) >= 11 is 0. The monoisotopic (exact) mass is 238 g/mol. The molecule has 1 rings (SSSR count). The van der Waals surface area contributed by atoms with Crippen LogP contribution in [0.1, 0.15) is 47.0 Å². The van der Waals surface area contributed by atoms with Gasteiger partial charge in [-0.05, 0) is 44.4 Å². The summed E-state index contributed by atoms with van der Waals surface area (Å²) in [5, 5.41) is 10.4. The summed E-state index contributed by atoms with van der Waals surface area (Å²) in [6, 6.07) is 0. The van der Waals surface area contributed by atoms with Crippen molar-refractivity contribution < 1.29 is 9.90 Å². The molecule has 1 aliphatic rings. The van der Waals surface area contributed by atoms with Gasteiger partial charge in [-0.3, -0.25) is 0 Å². The summed E-state index contributed by atoms with van der Waals surface area (Å²) in [4.78, 5) is 11.4. The molecule has 98 valence electrons. The van der Waals surface area contributed by atoms with Gasteiger partial charge in [0.05, 0.1) is 5.60 Å². The fourth-order valence-electron chi connectivity index (χ4n) is 3.43. The lowest BCUT2D eigenvalue weighted by atomic mass is 9.60. The SMILES string of the molecule is C=C[C@@H]1[C@@H](CC(C)=O)[C@H](C(C)C)CC[C@@]1(C)O. The molecule has 0 aromatic rings. The van der Waals surface area contributed by atoms with Gasteiger partial charge in [-0.25, -0.2) is 0 Å². The molecule has 0 bridgehead atoms. The second-order valence-corrected chi connectivity index (χ2v) is 6.14. The fourth-order valence-corrected chi connectivity index (χ4v) is 3.43. The molecule has 0 heterocycles. The molecule has 1 saturated carbocycles. The van der Waals surface area contributed by atoms with Gasteiger partial charge in [-0.2, -0.15) is 0 Å². The number of hydrogen-bond acceptors (Lipinski definition) is 2. The van der Waals surface area contributed by atoms with E-state index in [2.05, 4.69) is 20.4 Å². The van der Waals surface area contributed by atoms with Gasteiger partial charge < -0.3 is 9.90 Å². The van der Waals surface area contributed by atoms with Gasteiger partial charge in [0.15, 0.2) is 0 Å². The Bertz CT molecular complexity index is 291. The van der Waals surface area contributed by atoms with E-state index in [1.54, 1.807) is 6.92 Å². The van der Waals surface area contributed by atoms with Crippen LogP contribution in [0.5, 0.6) is 0 Å². The largest absolute Gasteiger partial charge is 0.390 e. The Labute approximate surface area is 105 Å². The number of carbonyl (C=O) groups excluding carboxylic acids is 1. The first-order chi connectivity index (χ1) is 7.79. The molecule has 2 nitrogen and oxygen atoms in total. The normalized spacial score (nSPS) is 38.1. The van der Waals surface area contributed by atoms with Crippen molar-refractivity contribution in [3.05, 3.63) is 12.7 Å². The highest BCUT2D eigenvalue weighted by Crippen LogP contribution is 2.46. The molecule has 0 unspecified atom stereocenters. The zero-order valence-electron chi connectivity index (χ0n) is 11.6. The predicted molar refractivity (Wildman–Crippen MR) is 70.7 cm³/mol. The standard InChI is InChI=1S/C15H26O2/c1-6-14-13(9-11(4)16)12(10(2)3)7-8-15(14,5)17/h6,10,12-14,17H,1,7-9H2,2-5H3/t12-,13-,14+,15+/m0/s1. The third-order valence-corrected chi connectivity index (χ3v) is 4.35. The lowest BCUT2D eigenvalue weighted by Gasteiger charge is -2.47. The van der Waals surface area contributed by atoms with Crippen LogP contribution in [-0.2, 0) is 4.79 Å². The first-order valence-electron chi connectivity index (χ1n) is 6.64. The van der Waals surface area contributed by atoms with Crippen molar-refractivity contribution in [3.63, 3.8) is 0 Å². The molecule has 0 amide bonds. The Hall–Kier alpha value is -0.630. The van der Waals surface area contributed by atoms with Gasteiger partial charge in [-0.15, -0.1) is 6.58 Å². The predicted octanol–water partition coefficient (Wildman–Crippen LogP) is 3.20. The van der Waals surface area contributed by atoms with Gasteiger partial charge in [0.2, 0.25) is 0 Å². The van der Waals surface area contributed by atoms with E-state index >= 15 is 0 Å². The zero-order valence-corrected chi connectivity index (χ0v) is 11.6. The smallest absolute Gasteiger partial charge is 0.130 e. The first kappa shape index (κ1) is 14.4. The molecule has 4 atom stereocenters. The molecule has 1 N–H and O–H groups in total. The Morgan fingerprint density at radius 2 is 2.18 bits per heavy atom. The van der Waals surface area contributed by atoms with E-state index in [1.807, 2.05) is 13.0 Å². The molecule has 1 aliphatic carbocycles. The van der Waals surface area contributed by atoms with E-state index in [4.69, 9.17) is 0 Å². The Morgan fingerprint density at radius 1 is 1.59 bits per heavy atom. The summed E-state index contributed by atoms with van der Waals surface area (Å²) in [7, 11) is 0. The lowest BCUT2D eigenvalue weighted by molar-refractivity contribution is -0.122. The van der Waals surface area contributed by atoms with Gasteiger partial charge in [0.25, 0.3) is 0 Å². The van der Waals surface area contributed by atoms with Crippen molar-refractivity contribution in [1.82, 2.24) is 0 Å². The molecular weight excluding hydrogens is 212 g/mol. The quantitative estimate of drug-likeness (QED) is 0.764. The minimum Gasteiger partial charge on any atom is -0.390 e. The maximum Gasteiger partial charge on any atom is 0.130 e. The molecule has 0 aliphatic heterocycles. The van der Waals surface area contributed by atoms with E-state index in [9.17, 15) is 9.90 Å². The molecule has 0 radical (unpaired) electrons. The Kier molecular flexibility index (Phi) is 4.54. The molecule has 0 aromatic heterocycles. The van der Waals surface area contributed by atoms with Crippen molar-refractivity contribution in [2.24, 2.45) is 23.7 Å². The van der Waals surface area contributed by atoms with Crippen molar-refractivity contribution in [1.29, 1.82) is 0 Å².